The summed E-state index contributed by atoms with van der Waals surface area (Å²) in [5.74, 6) is 0.726. The van der Waals surface area contributed by atoms with E-state index in [2.05, 4.69) is 33.4 Å². The number of halogens is 1. The summed E-state index contributed by atoms with van der Waals surface area (Å²) in [5, 5.41) is 2.97. The monoisotopic (exact) mass is 432 g/mol. The molecule has 0 heterocycles. The van der Waals surface area contributed by atoms with Crippen LogP contribution in [0.4, 0.5) is 0 Å². The van der Waals surface area contributed by atoms with Crippen LogP contribution < -0.4 is 20.5 Å². The van der Waals surface area contributed by atoms with Gasteiger partial charge in [-0.05, 0) is 47.7 Å². The van der Waals surface area contributed by atoms with Gasteiger partial charge in [-0.2, -0.15) is 0 Å². The van der Waals surface area contributed by atoms with Gasteiger partial charge >= 0.3 is 0 Å². The highest BCUT2D eigenvalue weighted by Crippen LogP contribution is 2.47. The SMILES string of the molecule is COc1cc(CNC(=O)C2CC2c2ccc(Br)cc2)ccc1OCC(N)=O. The van der Waals surface area contributed by atoms with Gasteiger partial charge in [0.2, 0.25) is 5.91 Å². The van der Waals surface area contributed by atoms with Gasteiger partial charge in [-0.1, -0.05) is 34.1 Å². The zero-order chi connectivity index (χ0) is 19.4. The molecule has 0 aliphatic heterocycles. The maximum absolute atomic E-state index is 12.4. The van der Waals surface area contributed by atoms with Gasteiger partial charge < -0.3 is 20.5 Å². The Balaban J connectivity index is 1.54. The first-order valence-corrected chi connectivity index (χ1v) is 9.38. The zero-order valence-corrected chi connectivity index (χ0v) is 16.5. The molecule has 3 N–H and O–H groups in total. The third kappa shape index (κ3) is 5.01. The topological polar surface area (TPSA) is 90.7 Å². The van der Waals surface area contributed by atoms with Crippen molar-refractivity contribution in [2.75, 3.05) is 13.7 Å². The third-order valence-corrected chi connectivity index (χ3v) is 5.02. The molecule has 2 aromatic carbocycles. The van der Waals surface area contributed by atoms with E-state index < -0.39 is 5.91 Å². The van der Waals surface area contributed by atoms with Crippen LogP contribution in [0.15, 0.2) is 46.9 Å². The molecule has 7 heteroatoms. The molecule has 0 spiro atoms. The summed E-state index contributed by atoms with van der Waals surface area (Å²) >= 11 is 3.42. The first-order chi connectivity index (χ1) is 13.0. The Kier molecular flexibility index (Phi) is 6.01. The van der Waals surface area contributed by atoms with Gasteiger partial charge in [-0.25, -0.2) is 0 Å². The maximum Gasteiger partial charge on any atom is 0.255 e. The van der Waals surface area contributed by atoms with Crippen LogP contribution in [0.5, 0.6) is 11.5 Å². The average molecular weight is 433 g/mol. The first kappa shape index (κ1) is 19.2. The number of methoxy groups -OCH3 is 1. The summed E-state index contributed by atoms with van der Waals surface area (Å²) in [5.41, 5.74) is 7.16. The van der Waals surface area contributed by atoms with Crippen LogP contribution in [-0.4, -0.2) is 25.5 Å². The number of benzene rings is 2. The van der Waals surface area contributed by atoms with E-state index in [0.717, 1.165) is 16.5 Å². The number of carbonyl (C=O) groups excluding carboxylic acids is 2. The van der Waals surface area contributed by atoms with Crippen molar-refractivity contribution in [2.24, 2.45) is 11.7 Å². The maximum atomic E-state index is 12.4. The number of amides is 2. The standard InChI is InChI=1S/C20H21BrN2O4/c1-26-18-8-12(2-7-17(18)27-11-19(22)24)10-23-20(25)16-9-15(16)13-3-5-14(21)6-4-13/h2-8,15-16H,9-11H2,1H3,(H2,22,24)(H,23,25). The molecule has 3 rings (SSSR count). The molecule has 2 amide bonds. The number of primary amides is 1. The minimum atomic E-state index is -0.557. The lowest BCUT2D eigenvalue weighted by Gasteiger charge is -2.12. The van der Waals surface area contributed by atoms with Crippen LogP contribution in [0.25, 0.3) is 0 Å². The number of rotatable bonds is 8. The van der Waals surface area contributed by atoms with Crippen molar-refractivity contribution < 1.29 is 19.1 Å². The number of nitrogens with two attached hydrogens (primary N) is 1. The normalized spacial score (nSPS) is 17.9. The zero-order valence-electron chi connectivity index (χ0n) is 14.9. The molecule has 1 aliphatic rings. The Morgan fingerprint density at radius 3 is 2.59 bits per heavy atom. The molecule has 0 radical (unpaired) electrons. The Morgan fingerprint density at radius 1 is 1.19 bits per heavy atom. The fourth-order valence-corrected chi connectivity index (χ4v) is 3.24. The van der Waals surface area contributed by atoms with E-state index in [-0.39, 0.29) is 24.3 Å². The van der Waals surface area contributed by atoms with Crippen molar-refractivity contribution in [1.82, 2.24) is 5.32 Å². The molecular weight excluding hydrogens is 412 g/mol. The second-order valence-corrected chi connectivity index (χ2v) is 7.37. The highest BCUT2D eigenvalue weighted by Gasteiger charge is 2.43. The Labute approximate surface area is 166 Å². The van der Waals surface area contributed by atoms with E-state index in [1.807, 2.05) is 18.2 Å². The van der Waals surface area contributed by atoms with Crippen LogP contribution in [0.3, 0.4) is 0 Å². The molecule has 142 valence electrons. The van der Waals surface area contributed by atoms with Gasteiger partial charge in [0.05, 0.1) is 7.11 Å². The molecule has 27 heavy (non-hydrogen) atoms. The molecule has 0 bridgehead atoms. The lowest BCUT2D eigenvalue weighted by Crippen LogP contribution is -2.25. The van der Waals surface area contributed by atoms with Crippen molar-refractivity contribution >= 4 is 27.7 Å². The van der Waals surface area contributed by atoms with Crippen molar-refractivity contribution in [3.8, 4) is 11.5 Å². The van der Waals surface area contributed by atoms with Crippen molar-refractivity contribution in [1.29, 1.82) is 0 Å². The van der Waals surface area contributed by atoms with Crippen LogP contribution in [-0.2, 0) is 16.1 Å². The first-order valence-electron chi connectivity index (χ1n) is 8.59. The van der Waals surface area contributed by atoms with Gasteiger partial charge in [0.25, 0.3) is 5.91 Å². The average Bonchev–Trinajstić information content (AvgIpc) is 3.46. The quantitative estimate of drug-likeness (QED) is 0.670. The number of carbonyl (C=O) groups is 2. The van der Waals surface area contributed by atoms with Crippen molar-refractivity contribution in [3.05, 3.63) is 58.1 Å². The third-order valence-electron chi connectivity index (χ3n) is 4.49. The van der Waals surface area contributed by atoms with Crippen LogP contribution >= 0.6 is 15.9 Å². The lowest BCUT2D eigenvalue weighted by atomic mass is 10.1. The Morgan fingerprint density at radius 2 is 1.93 bits per heavy atom. The lowest BCUT2D eigenvalue weighted by molar-refractivity contribution is -0.122. The number of nitrogens with one attached hydrogen (secondary N) is 1. The highest BCUT2D eigenvalue weighted by molar-refractivity contribution is 9.10. The minimum absolute atomic E-state index is 0.0197. The van der Waals surface area contributed by atoms with E-state index in [1.165, 1.54) is 12.7 Å². The molecule has 2 atom stereocenters. The summed E-state index contributed by atoms with van der Waals surface area (Å²) in [7, 11) is 1.52. The summed E-state index contributed by atoms with van der Waals surface area (Å²) in [6.45, 7) is 0.181. The number of hydrogen-bond acceptors (Lipinski definition) is 4. The summed E-state index contributed by atoms with van der Waals surface area (Å²) in [6, 6.07) is 13.4. The molecule has 2 unspecified atom stereocenters. The van der Waals surface area contributed by atoms with Crippen LogP contribution in [0.1, 0.15) is 23.5 Å². The molecular formula is C20H21BrN2O4. The molecule has 0 aromatic heterocycles. The van der Waals surface area contributed by atoms with Crippen LogP contribution in [0, 0.1) is 5.92 Å². The molecule has 1 fully saturated rings. The van der Waals surface area contributed by atoms with Crippen molar-refractivity contribution in [2.45, 2.75) is 18.9 Å². The molecule has 1 saturated carbocycles. The Hall–Kier alpha value is -2.54. The van der Waals surface area contributed by atoms with Crippen molar-refractivity contribution in [3.63, 3.8) is 0 Å². The van der Waals surface area contributed by atoms with E-state index in [4.69, 9.17) is 15.2 Å². The predicted molar refractivity (Wildman–Crippen MR) is 105 cm³/mol. The van der Waals surface area contributed by atoms with Gasteiger partial charge in [0.1, 0.15) is 0 Å². The second kappa shape index (κ2) is 8.43. The predicted octanol–water partition coefficient (Wildman–Crippen LogP) is 2.74. The Bertz CT molecular complexity index is 838. The number of hydrogen-bond donors (Lipinski definition) is 2. The number of ether oxygens (including phenoxy) is 2. The van der Waals surface area contributed by atoms with Crippen LogP contribution in [0.2, 0.25) is 0 Å². The van der Waals surface area contributed by atoms with E-state index in [0.29, 0.717) is 18.0 Å². The highest BCUT2D eigenvalue weighted by atomic mass is 79.9. The van der Waals surface area contributed by atoms with E-state index in [1.54, 1.807) is 12.1 Å². The summed E-state index contributed by atoms with van der Waals surface area (Å²) < 4.78 is 11.6. The fraction of sp³-hybridized carbons (Fsp3) is 0.300. The van der Waals surface area contributed by atoms with E-state index in [9.17, 15) is 9.59 Å². The van der Waals surface area contributed by atoms with Gasteiger partial charge in [-0.3, -0.25) is 9.59 Å². The second-order valence-electron chi connectivity index (χ2n) is 6.46. The summed E-state index contributed by atoms with van der Waals surface area (Å²) in [6.07, 6.45) is 0.872. The molecule has 6 nitrogen and oxygen atoms in total. The van der Waals surface area contributed by atoms with Gasteiger partial charge in [-0.15, -0.1) is 0 Å². The smallest absolute Gasteiger partial charge is 0.255 e. The largest absolute Gasteiger partial charge is 0.493 e. The fourth-order valence-electron chi connectivity index (χ4n) is 2.97. The van der Waals surface area contributed by atoms with Gasteiger partial charge in [0, 0.05) is 16.9 Å². The molecule has 1 aliphatic carbocycles. The van der Waals surface area contributed by atoms with E-state index >= 15 is 0 Å². The molecule has 2 aromatic rings. The molecule has 0 saturated heterocycles. The van der Waals surface area contributed by atoms with Gasteiger partial charge in [0.15, 0.2) is 18.1 Å². The summed E-state index contributed by atoms with van der Waals surface area (Å²) in [4.78, 5) is 23.2. The minimum Gasteiger partial charge on any atom is -0.493 e.